The van der Waals surface area contributed by atoms with Crippen LogP contribution in [0.25, 0.3) is 0 Å². The summed E-state index contributed by atoms with van der Waals surface area (Å²) < 4.78 is 0. The number of nitrogens with zero attached hydrogens (tertiary/aromatic N) is 3. The highest BCUT2D eigenvalue weighted by Gasteiger charge is 2.19. The monoisotopic (exact) mass is 285 g/mol. The number of carbonyl (C=O) groups excluding carboxylic acids is 1. The first-order valence-corrected chi connectivity index (χ1v) is 6.44. The van der Waals surface area contributed by atoms with Gasteiger partial charge in [0.05, 0.1) is 6.42 Å². The van der Waals surface area contributed by atoms with Gasteiger partial charge in [-0.2, -0.15) is 0 Å². The maximum Gasteiger partial charge on any atom is 0.305 e. The summed E-state index contributed by atoms with van der Waals surface area (Å²) in [7, 11) is 0. The van der Waals surface area contributed by atoms with E-state index in [9.17, 15) is 9.59 Å². The normalized spacial score (nSPS) is 10.1. The fourth-order valence-corrected chi connectivity index (χ4v) is 1.80. The van der Waals surface area contributed by atoms with Gasteiger partial charge in [0.25, 0.3) is 5.91 Å². The third-order valence-corrected chi connectivity index (χ3v) is 2.89. The Balaban J connectivity index is 2.29. The number of aryl methyl sites for hydroxylation is 1. The van der Waals surface area contributed by atoms with E-state index in [-0.39, 0.29) is 18.9 Å². The SMILES string of the molecule is Cc1ccc(N(CCC(=O)O)C(=O)c2ccncc2)nc1. The van der Waals surface area contributed by atoms with Crippen LogP contribution in [0.15, 0.2) is 42.9 Å². The van der Waals surface area contributed by atoms with E-state index in [4.69, 9.17) is 5.11 Å². The van der Waals surface area contributed by atoms with Crippen LogP contribution < -0.4 is 4.90 Å². The molecule has 0 saturated carbocycles. The largest absolute Gasteiger partial charge is 0.481 e. The highest BCUT2D eigenvalue weighted by Crippen LogP contribution is 2.15. The lowest BCUT2D eigenvalue weighted by Gasteiger charge is -2.21. The third-order valence-electron chi connectivity index (χ3n) is 2.89. The number of amides is 1. The van der Waals surface area contributed by atoms with Gasteiger partial charge in [-0.15, -0.1) is 0 Å². The maximum atomic E-state index is 12.5. The van der Waals surface area contributed by atoms with Crippen LogP contribution in [0.3, 0.4) is 0 Å². The zero-order valence-corrected chi connectivity index (χ0v) is 11.6. The number of pyridine rings is 2. The van der Waals surface area contributed by atoms with Crippen LogP contribution >= 0.6 is 0 Å². The Labute approximate surface area is 122 Å². The standard InChI is InChI=1S/C15H15N3O3/c1-11-2-3-13(17-10-11)18(9-6-14(19)20)15(21)12-4-7-16-8-5-12/h2-5,7-8,10H,6,9H2,1H3,(H,19,20). The van der Waals surface area contributed by atoms with Crippen LogP contribution in [-0.4, -0.2) is 33.5 Å². The van der Waals surface area contributed by atoms with Gasteiger partial charge in [-0.1, -0.05) is 6.07 Å². The Morgan fingerprint density at radius 2 is 1.90 bits per heavy atom. The molecule has 21 heavy (non-hydrogen) atoms. The van der Waals surface area contributed by atoms with E-state index in [0.29, 0.717) is 11.4 Å². The minimum Gasteiger partial charge on any atom is -0.481 e. The lowest BCUT2D eigenvalue weighted by Crippen LogP contribution is -2.33. The van der Waals surface area contributed by atoms with Gasteiger partial charge < -0.3 is 5.11 Å². The van der Waals surface area contributed by atoms with Crippen molar-refractivity contribution in [3.05, 3.63) is 54.0 Å². The van der Waals surface area contributed by atoms with Crippen molar-refractivity contribution in [3.8, 4) is 0 Å². The summed E-state index contributed by atoms with van der Waals surface area (Å²) >= 11 is 0. The van der Waals surface area contributed by atoms with E-state index in [2.05, 4.69) is 9.97 Å². The van der Waals surface area contributed by atoms with Crippen molar-refractivity contribution in [1.29, 1.82) is 0 Å². The number of hydrogen-bond donors (Lipinski definition) is 1. The zero-order valence-electron chi connectivity index (χ0n) is 11.6. The molecule has 1 amide bonds. The summed E-state index contributed by atoms with van der Waals surface area (Å²) in [4.78, 5) is 32.7. The lowest BCUT2D eigenvalue weighted by molar-refractivity contribution is -0.136. The third kappa shape index (κ3) is 3.85. The quantitative estimate of drug-likeness (QED) is 0.907. The molecule has 0 radical (unpaired) electrons. The van der Waals surface area contributed by atoms with Gasteiger partial charge in [0, 0.05) is 30.7 Å². The van der Waals surface area contributed by atoms with Gasteiger partial charge in [0.2, 0.25) is 0 Å². The predicted octanol–water partition coefficient (Wildman–Crippen LogP) is 1.91. The van der Waals surface area contributed by atoms with E-state index in [1.54, 1.807) is 24.4 Å². The van der Waals surface area contributed by atoms with Crippen molar-refractivity contribution in [1.82, 2.24) is 9.97 Å². The number of carboxylic acids is 1. The smallest absolute Gasteiger partial charge is 0.305 e. The Bertz CT molecular complexity index is 626. The number of anilines is 1. The molecule has 0 unspecified atom stereocenters. The number of carboxylic acid groups (broad SMARTS) is 1. The van der Waals surface area contributed by atoms with E-state index < -0.39 is 5.97 Å². The molecule has 2 rings (SSSR count). The van der Waals surface area contributed by atoms with Gasteiger partial charge >= 0.3 is 5.97 Å². The molecule has 108 valence electrons. The van der Waals surface area contributed by atoms with Gasteiger partial charge in [0.1, 0.15) is 5.82 Å². The lowest BCUT2D eigenvalue weighted by atomic mass is 10.2. The average Bonchev–Trinajstić information content (AvgIpc) is 2.49. The summed E-state index contributed by atoms with van der Waals surface area (Å²) in [6.45, 7) is 1.95. The molecule has 0 atom stereocenters. The van der Waals surface area contributed by atoms with Crippen LogP contribution in [0.4, 0.5) is 5.82 Å². The second-order valence-electron chi connectivity index (χ2n) is 4.53. The summed E-state index contributed by atoms with van der Waals surface area (Å²) in [6, 6.07) is 6.71. The van der Waals surface area contributed by atoms with Crippen molar-refractivity contribution in [2.45, 2.75) is 13.3 Å². The molecule has 6 nitrogen and oxygen atoms in total. The summed E-state index contributed by atoms with van der Waals surface area (Å²) in [5.74, 6) is -0.826. The molecule has 0 bridgehead atoms. The first-order valence-electron chi connectivity index (χ1n) is 6.44. The van der Waals surface area contributed by atoms with Crippen molar-refractivity contribution in [2.75, 3.05) is 11.4 Å². The minimum absolute atomic E-state index is 0.0621. The summed E-state index contributed by atoms with van der Waals surface area (Å²) in [6.07, 6.45) is 4.53. The summed E-state index contributed by atoms with van der Waals surface area (Å²) in [5, 5.41) is 8.84. The van der Waals surface area contributed by atoms with Crippen LogP contribution in [0, 0.1) is 6.92 Å². The average molecular weight is 285 g/mol. The molecule has 0 saturated heterocycles. The molecule has 0 aliphatic rings. The minimum atomic E-state index is -0.963. The molecule has 2 heterocycles. The van der Waals surface area contributed by atoms with Crippen molar-refractivity contribution in [2.24, 2.45) is 0 Å². The van der Waals surface area contributed by atoms with Crippen LogP contribution in [0.5, 0.6) is 0 Å². The Hall–Kier alpha value is -2.76. The maximum absolute atomic E-state index is 12.5. The fraction of sp³-hybridized carbons (Fsp3) is 0.200. The predicted molar refractivity (Wildman–Crippen MR) is 77.1 cm³/mol. The first-order chi connectivity index (χ1) is 10.1. The highest BCUT2D eigenvalue weighted by atomic mass is 16.4. The molecule has 2 aromatic heterocycles. The Kier molecular flexibility index (Phi) is 4.61. The molecular weight excluding hydrogens is 270 g/mol. The molecule has 2 aromatic rings. The Morgan fingerprint density at radius 1 is 1.19 bits per heavy atom. The number of carbonyl (C=O) groups is 2. The number of aromatic nitrogens is 2. The van der Waals surface area contributed by atoms with Crippen LogP contribution in [0.2, 0.25) is 0 Å². The molecule has 6 heteroatoms. The molecule has 0 aromatic carbocycles. The van der Waals surface area contributed by atoms with Crippen LogP contribution in [0.1, 0.15) is 22.3 Å². The molecule has 0 aliphatic carbocycles. The van der Waals surface area contributed by atoms with E-state index in [1.165, 1.54) is 17.3 Å². The molecule has 0 fully saturated rings. The second kappa shape index (κ2) is 6.60. The topological polar surface area (TPSA) is 83.4 Å². The van der Waals surface area contributed by atoms with E-state index >= 15 is 0 Å². The van der Waals surface area contributed by atoms with Crippen LogP contribution in [-0.2, 0) is 4.79 Å². The Morgan fingerprint density at radius 3 is 2.48 bits per heavy atom. The molecule has 1 N–H and O–H groups in total. The first kappa shape index (κ1) is 14.6. The number of aliphatic carboxylic acids is 1. The summed E-state index contributed by atoms with van der Waals surface area (Å²) in [5.41, 5.74) is 1.41. The highest BCUT2D eigenvalue weighted by molar-refractivity contribution is 6.05. The van der Waals surface area contributed by atoms with Crippen molar-refractivity contribution < 1.29 is 14.7 Å². The molecule has 0 aliphatic heterocycles. The van der Waals surface area contributed by atoms with E-state index in [1.807, 2.05) is 13.0 Å². The number of hydrogen-bond acceptors (Lipinski definition) is 4. The van der Waals surface area contributed by atoms with Gasteiger partial charge in [-0.3, -0.25) is 19.5 Å². The van der Waals surface area contributed by atoms with Gasteiger partial charge in [0.15, 0.2) is 0 Å². The fourth-order valence-electron chi connectivity index (χ4n) is 1.80. The van der Waals surface area contributed by atoms with Crippen molar-refractivity contribution >= 4 is 17.7 Å². The van der Waals surface area contributed by atoms with Gasteiger partial charge in [-0.05, 0) is 30.7 Å². The van der Waals surface area contributed by atoms with Crippen molar-refractivity contribution in [3.63, 3.8) is 0 Å². The molecular formula is C15H15N3O3. The number of rotatable bonds is 5. The molecule has 0 spiro atoms. The van der Waals surface area contributed by atoms with E-state index in [0.717, 1.165) is 5.56 Å². The van der Waals surface area contributed by atoms with Gasteiger partial charge in [-0.25, -0.2) is 4.98 Å². The zero-order chi connectivity index (χ0) is 15.2. The second-order valence-corrected chi connectivity index (χ2v) is 4.53.